The van der Waals surface area contributed by atoms with E-state index in [-0.39, 0.29) is 0 Å². The maximum Gasteiger partial charge on any atom is 0.202 e. The summed E-state index contributed by atoms with van der Waals surface area (Å²) in [5.41, 5.74) is 1.11. The number of imidazole rings is 1. The average molecular weight is 296 g/mol. The molecule has 0 amide bonds. The maximum absolute atomic E-state index is 6.18. The SMILES string of the molecule is Clc1ccc(CCn2ccnc2NC2CC2)c(Cl)c1. The number of aromatic nitrogens is 2. The summed E-state index contributed by atoms with van der Waals surface area (Å²) in [5, 5.41) is 4.82. The molecule has 1 N–H and O–H groups in total. The molecular weight excluding hydrogens is 281 g/mol. The van der Waals surface area contributed by atoms with Crippen LogP contribution in [0.15, 0.2) is 30.6 Å². The Morgan fingerprint density at radius 3 is 2.89 bits per heavy atom. The Balaban J connectivity index is 1.66. The zero-order valence-electron chi connectivity index (χ0n) is 10.4. The van der Waals surface area contributed by atoms with E-state index in [1.165, 1.54) is 12.8 Å². The van der Waals surface area contributed by atoms with Gasteiger partial charge in [-0.05, 0) is 37.0 Å². The number of halogens is 2. The van der Waals surface area contributed by atoms with Crippen molar-refractivity contribution in [3.63, 3.8) is 0 Å². The highest BCUT2D eigenvalue weighted by Crippen LogP contribution is 2.25. The van der Waals surface area contributed by atoms with Crippen LogP contribution >= 0.6 is 23.2 Å². The van der Waals surface area contributed by atoms with Gasteiger partial charge in [0.1, 0.15) is 0 Å². The Labute approximate surface area is 122 Å². The lowest BCUT2D eigenvalue weighted by atomic mass is 10.1. The molecule has 3 rings (SSSR count). The molecule has 0 radical (unpaired) electrons. The molecule has 0 atom stereocenters. The van der Waals surface area contributed by atoms with Crippen LogP contribution in [0.5, 0.6) is 0 Å². The molecule has 100 valence electrons. The molecule has 1 aliphatic carbocycles. The summed E-state index contributed by atoms with van der Waals surface area (Å²) in [6.07, 6.45) is 7.18. The molecule has 1 saturated carbocycles. The van der Waals surface area contributed by atoms with E-state index in [9.17, 15) is 0 Å². The highest BCUT2D eigenvalue weighted by atomic mass is 35.5. The van der Waals surface area contributed by atoms with Crippen molar-refractivity contribution >= 4 is 29.2 Å². The number of hydrogen-bond acceptors (Lipinski definition) is 2. The summed E-state index contributed by atoms with van der Waals surface area (Å²) in [6.45, 7) is 0.858. The van der Waals surface area contributed by atoms with E-state index < -0.39 is 0 Å². The summed E-state index contributed by atoms with van der Waals surface area (Å²) in [6, 6.07) is 6.26. The van der Waals surface area contributed by atoms with E-state index in [0.29, 0.717) is 11.1 Å². The fourth-order valence-electron chi connectivity index (χ4n) is 2.01. The number of nitrogens with zero attached hydrogens (tertiary/aromatic N) is 2. The molecule has 2 aromatic rings. The first kappa shape index (κ1) is 12.8. The lowest BCUT2D eigenvalue weighted by molar-refractivity contribution is 0.699. The van der Waals surface area contributed by atoms with E-state index in [2.05, 4.69) is 14.9 Å². The van der Waals surface area contributed by atoms with Crippen LogP contribution in [0.3, 0.4) is 0 Å². The molecule has 1 heterocycles. The minimum absolute atomic E-state index is 0.611. The van der Waals surface area contributed by atoms with E-state index in [4.69, 9.17) is 23.2 Å². The van der Waals surface area contributed by atoms with Gasteiger partial charge in [-0.3, -0.25) is 0 Å². The summed E-state index contributed by atoms with van der Waals surface area (Å²) in [4.78, 5) is 4.34. The van der Waals surface area contributed by atoms with Gasteiger partial charge in [0.15, 0.2) is 0 Å². The minimum atomic E-state index is 0.611. The second-order valence-corrected chi connectivity index (χ2v) is 5.69. The van der Waals surface area contributed by atoms with Crippen LogP contribution in [0.4, 0.5) is 5.95 Å². The number of benzene rings is 1. The van der Waals surface area contributed by atoms with Crippen LogP contribution in [0, 0.1) is 0 Å². The number of nitrogens with one attached hydrogen (secondary N) is 1. The van der Waals surface area contributed by atoms with Crippen LogP contribution in [-0.2, 0) is 13.0 Å². The second kappa shape index (κ2) is 5.43. The Kier molecular flexibility index (Phi) is 3.67. The van der Waals surface area contributed by atoms with Gasteiger partial charge in [0.2, 0.25) is 5.95 Å². The molecule has 1 aliphatic rings. The smallest absolute Gasteiger partial charge is 0.202 e. The average Bonchev–Trinajstić information content (AvgIpc) is 3.07. The summed E-state index contributed by atoms with van der Waals surface area (Å²) < 4.78 is 2.13. The first-order valence-electron chi connectivity index (χ1n) is 6.44. The Bertz CT molecular complexity index is 576. The quantitative estimate of drug-likeness (QED) is 0.903. The molecule has 0 spiro atoms. The van der Waals surface area contributed by atoms with Gasteiger partial charge in [-0.1, -0.05) is 29.3 Å². The molecule has 0 saturated heterocycles. The van der Waals surface area contributed by atoms with E-state index >= 15 is 0 Å². The lowest BCUT2D eigenvalue weighted by Gasteiger charge is -2.10. The van der Waals surface area contributed by atoms with Gasteiger partial charge in [0, 0.05) is 35.0 Å². The van der Waals surface area contributed by atoms with Crippen molar-refractivity contribution in [3.8, 4) is 0 Å². The fourth-order valence-corrected chi connectivity index (χ4v) is 2.51. The van der Waals surface area contributed by atoms with Crippen molar-refractivity contribution in [2.24, 2.45) is 0 Å². The van der Waals surface area contributed by atoms with Crippen LogP contribution in [0.2, 0.25) is 10.0 Å². The Morgan fingerprint density at radius 2 is 2.16 bits per heavy atom. The fraction of sp³-hybridized carbons (Fsp3) is 0.357. The highest BCUT2D eigenvalue weighted by Gasteiger charge is 2.22. The van der Waals surface area contributed by atoms with Gasteiger partial charge < -0.3 is 9.88 Å². The molecular formula is C14H15Cl2N3. The monoisotopic (exact) mass is 295 g/mol. The third-order valence-electron chi connectivity index (χ3n) is 3.26. The molecule has 0 bridgehead atoms. The summed E-state index contributed by atoms with van der Waals surface area (Å²) in [5.74, 6) is 0.951. The topological polar surface area (TPSA) is 29.9 Å². The number of hydrogen-bond donors (Lipinski definition) is 1. The van der Waals surface area contributed by atoms with Gasteiger partial charge in [-0.25, -0.2) is 4.98 Å². The second-order valence-electron chi connectivity index (χ2n) is 4.85. The standard InChI is InChI=1S/C14H15Cl2N3/c15-11-2-1-10(13(16)9-11)5-7-19-8-6-17-14(19)18-12-3-4-12/h1-2,6,8-9,12H,3-5,7H2,(H,17,18). The molecule has 1 fully saturated rings. The zero-order chi connectivity index (χ0) is 13.2. The predicted octanol–water partition coefficient (Wildman–Crippen LogP) is 4.01. The van der Waals surface area contributed by atoms with Gasteiger partial charge in [-0.15, -0.1) is 0 Å². The van der Waals surface area contributed by atoms with Crippen LogP contribution in [0.25, 0.3) is 0 Å². The first-order chi connectivity index (χ1) is 9.22. The Morgan fingerprint density at radius 1 is 1.32 bits per heavy atom. The first-order valence-corrected chi connectivity index (χ1v) is 7.19. The van der Waals surface area contributed by atoms with Gasteiger partial charge >= 0.3 is 0 Å². The normalized spacial score (nSPS) is 14.6. The predicted molar refractivity (Wildman–Crippen MR) is 79.0 cm³/mol. The number of aryl methyl sites for hydroxylation is 2. The van der Waals surface area contributed by atoms with Crippen molar-refractivity contribution in [1.82, 2.24) is 9.55 Å². The van der Waals surface area contributed by atoms with Gasteiger partial charge in [0.25, 0.3) is 0 Å². The lowest BCUT2D eigenvalue weighted by Crippen LogP contribution is -2.10. The minimum Gasteiger partial charge on any atom is -0.353 e. The highest BCUT2D eigenvalue weighted by molar-refractivity contribution is 6.35. The van der Waals surface area contributed by atoms with Gasteiger partial charge in [0.05, 0.1) is 0 Å². The Hall–Kier alpha value is -1.19. The molecule has 1 aromatic carbocycles. The molecule has 3 nitrogen and oxygen atoms in total. The van der Waals surface area contributed by atoms with Gasteiger partial charge in [-0.2, -0.15) is 0 Å². The largest absolute Gasteiger partial charge is 0.353 e. The van der Waals surface area contributed by atoms with Crippen LogP contribution in [0.1, 0.15) is 18.4 Å². The molecule has 5 heteroatoms. The third kappa shape index (κ3) is 3.23. The van der Waals surface area contributed by atoms with E-state index in [1.54, 1.807) is 6.07 Å². The van der Waals surface area contributed by atoms with Crippen molar-refractivity contribution in [1.29, 1.82) is 0 Å². The van der Waals surface area contributed by atoms with Crippen molar-refractivity contribution in [3.05, 3.63) is 46.2 Å². The van der Waals surface area contributed by atoms with E-state index in [0.717, 1.165) is 29.5 Å². The number of rotatable bonds is 5. The number of anilines is 1. The molecule has 0 unspecified atom stereocenters. The van der Waals surface area contributed by atoms with Crippen LogP contribution < -0.4 is 5.32 Å². The molecule has 19 heavy (non-hydrogen) atoms. The maximum atomic E-state index is 6.18. The zero-order valence-corrected chi connectivity index (χ0v) is 12.0. The van der Waals surface area contributed by atoms with Crippen molar-refractivity contribution in [2.75, 3.05) is 5.32 Å². The van der Waals surface area contributed by atoms with Crippen LogP contribution in [-0.4, -0.2) is 15.6 Å². The molecule has 0 aliphatic heterocycles. The summed E-state index contributed by atoms with van der Waals surface area (Å²) in [7, 11) is 0. The van der Waals surface area contributed by atoms with E-state index in [1.807, 2.05) is 24.5 Å². The summed E-state index contributed by atoms with van der Waals surface area (Å²) >= 11 is 12.1. The third-order valence-corrected chi connectivity index (χ3v) is 3.85. The van der Waals surface area contributed by atoms with Crippen molar-refractivity contribution in [2.45, 2.75) is 31.8 Å². The molecule has 1 aromatic heterocycles. The van der Waals surface area contributed by atoms with Crippen molar-refractivity contribution < 1.29 is 0 Å².